The minimum absolute atomic E-state index is 0.0319. The predicted octanol–water partition coefficient (Wildman–Crippen LogP) is 3.39. The summed E-state index contributed by atoms with van der Waals surface area (Å²) in [6.45, 7) is 1.99. The topological polar surface area (TPSA) is 75.6 Å². The summed E-state index contributed by atoms with van der Waals surface area (Å²) in [4.78, 5) is 23.5. The van der Waals surface area contributed by atoms with Crippen LogP contribution in [-0.2, 0) is 9.53 Å². The van der Waals surface area contributed by atoms with Gasteiger partial charge in [-0.2, -0.15) is 0 Å². The fraction of sp³-hybridized carbons (Fsp3) is 0.300. The van der Waals surface area contributed by atoms with Crippen LogP contribution in [0.5, 0.6) is 0 Å². The summed E-state index contributed by atoms with van der Waals surface area (Å²) < 4.78 is 5.40. The molecular formula is C20H19NO4. The number of ether oxygens (including phenoxy) is 1. The molecule has 25 heavy (non-hydrogen) atoms. The Morgan fingerprint density at radius 2 is 1.64 bits per heavy atom. The van der Waals surface area contributed by atoms with Gasteiger partial charge in [-0.25, -0.2) is 9.59 Å². The maximum atomic E-state index is 12.1. The van der Waals surface area contributed by atoms with E-state index in [1.807, 2.05) is 36.4 Å². The van der Waals surface area contributed by atoms with E-state index < -0.39 is 17.6 Å². The lowest BCUT2D eigenvalue weighted by Crippen LogP contribution is -2.45. The third kappa shape index (κ3) is 2.47. The lowest BCUT2D eigenvalue weighted by molar-refractivity contribution is -0.141. The molecule has 128 valence electrons. The number of carboxylic acids is 1. The molecule has 2 unspecified atom stereocenters. The third-order valence-corrected chi connectivity index (χ3v) is 5.36. The van der Waals surface area contributed by atoms with Crippen LogP contribution in [-0.4, -0.2) is 29.3 Å². The SMILES string of the molecule is CC1CC1(NC(=O)OCC1c2ccccc2-c2ccccc21)C(=O)O. The summed E-state index contributed by atoms with van der Waals surface area (Å²) >= 11 is 0. The molecule has 5 heteroatoms. The van der Waals surface area contributed by atoms with E-state index in [1.165, 1.54) is 0 Å². The van der Waals surface area contributed by atoms with Gasteiger partial charge in [0.25, 0.3) is 0 Å². The molecule has 2 aliphatic rings. The number of hydrogen-bond donors (Lipinski definition) is 2. The second-order valence-corrected chi connectivity index (χ2v) is 6.83. The molecule has 0 heterocycles. The van der Waals surface area contributed by atoms with Crippen molar-refractivity contribution in [2.75, 3.05) is 6.61 Å². The number of benzene rings is 2. The highest BCUT2D eigenvalue weighted by Gasteiger charge is 2.59. The zero-order valence-corrected chi connectivity index (χ0v) is 13.9. The second-order valence-electron chi connectivity index (χ2n) is 6.83. The number of amides is 1. The molecule has 0 saturated heterocycles. The smallest absolute Gasteiger partial charge is 0.408 e. The molecule has 4 rings (SSSR count). The summed E-state index contributed by atoms with van der Waals surface area (Å²) in [5.41, 5.74) is 3.41. The second kappa shape index (κ2) is 5.62. The quantitative estimate of drug-likeness (QED) is 0.897. The van der Waals surface area contributed by atoms with E-state index in [9.17, 15) is 14.7 Å². The Bertz CT molecular complexity index is 817. The minimum atomic E-state index is -1.16. The first kappa shape index (κ1) is 15.7. The van der Waals surface area contributed by atoms with Gasteiger partial charge in [0.2, 0.25) is 0 Å². The van der Waals surface area contributed by atoms with Crippen LogP contribution in [0, 0.1) is 5.92 Å². The Morgan fingerprint density at radius 1 is 1.12 bits per heavy atom. The lowest BCUT2D eigenvalue weighted by Gasteiger charge is -2.17. The molecule has 2 N–H and O–H groups in total. The first-order chi connectivity index (χ1) is 12.0. The Kier molecular flexibility index (Phi) is 3.53. The maximum absolute atomic E-state index is 12.1. The van der Waals surface area contributed by atoms with Crippen LogP contribution in [0.15, 0.2) is 48.5 Å². The number of nitrogens with one attached hydrogen (secondary N) is 1. The van der Waals surface area contributed by atoms with Gasteiger partial charge in [0, 0.05) is 5.92 Å². The average Bonchev–Trinajstić information content (AvgIpc) is 3.15. The molecule has 1 amide bonds. The molecular weight excluding hydrogens is 318 g/mol. The molecule has 1 fully saturated rings. The van der Waals surface area contributed by atoms with Crippen molar-refractivity contribution in [3.63, 3.8) is 0 Å². The van der Waals surface area contributed by atoms with E-state index in [0.29, 0.717) is 6.42 Å². The van der Waals surface area contributed by atoms with Gasteiger partial charge in [-0.05, 0) is 34.6 Å². The molecule has 2 aliphatic carbocycles. The minimum Gasteiger partial charge on any atom is -0.479 e. The number of rotatable bonds is 4. The number of hydrogen-bond acceptors (Lipinski definition) is 3. The summed E-state index contributed by atoms with van der Waals surface area (Å²) in [5, 5.41) is 11.8. The van der Waals surface area contributed by atoms with Crippen molar-refractivity contribution in [1.29, 1.82) is 0 Å². The predicted molar refractivity (Wildman–Crippen MR) is 92.4 cm³/mol. The van der Waals surface area contributed by atoms with E-state index in [-0.39, 0.29) is 18.4 Å². The van der Waals surface area contributed by atoms with Gasteiger partial charge in [-0.1, -0.05) is 55.5 Å². The number of carbonyl (C=O) groups is 2. The summed E-state index contributed by atoms with van der Waals surface area (Å²) in [6.07, 6.45) is -0.236. The highest BCUT2D eigenvalue weighted by molar-refractivity contribution is 5.88. The van der Waals surface area contributed by atoms with Crippen LogP contribution in [0.2, 0.25) is 0 Å². The Hall–Kier alpha value is -2.82. The Morgan fingerprint density at radius 3 is 2.12 bits per heavy atom. The van der Waals surface area contributed by atoms with Crippen LogP contribution >= 0.6 is 0 Å². The molecule has 2 atom stereocenters. The van der Waals surface area contributed by atoms with E-state index in [0.717, 1.165) is 22.3 Å². The molecule has 0 aliphatic heterocycles. The first-order valence-electron chi connectivity index (χ1n) is 8.39. The van der Waals surface area contributed by atoms with Crippen molar-refractivity contribution < 1.29 is 19.4 Å². The number of aliphatic carboxylic acids is 1. The highest BCUT2D eigenvalue weighted by atomic mass is 16.5. The van der Waals surface area contributed by atoms with E-state index in [2.05, 4.69) is 17.4 Å². The van der Waals surface area contributed by atoms with Crippen molar-refractivity contribution in [2.45, 2.75) is 24.8 Å². The number of carbonyl (C=O) groups excluding carboxylic acids is 1. The fourth-order valence-corrected chi connectivity index (χ4v) is 3.77. The average molecular weight is 337 g/mol. The maximum Gasteiger partial charge on any atom is 0.408 e. The van der Waals surface area contributed by atoms with Crippen LogP contribution in [0.25, 0.3) is 11.1 Å². The van der Waals surface area contributed by atoms with Gasteiger partial charge in [-0.15, -0.1) is 0 Å². The molecule has 0 bridgehead atoms. The highest BCUT2D eigenvalue weighted by Crippen LogP contribution is 2.45. The van der Waals surface area contributed by atoms with E-state index in [4.69, 9.17) is 4.74 Å². The van der Waals surface area contributed by atoms with Gasteiger partial charge in [-0.3, -0.25) is 0 Å². The molecule has 0 spiro atoms. The third-order valence-electron chi connectivity index (χ3n) is 5.36. The zero-order valence-electron chi connectivity index (χ0n) is 13.9. The monoisotopic (exact) mass is 337 g/mol. The fourth-order valence-electron chi connectivity index (χ4n) is 3.77. The van der Waals surface area contributed by atoms with Gasteiger partial charge in [0.05, 0.1) is 0 Å². The van der Waals surface area contributed by atoms with Crippen molar-refractivity contribution in [3.8, 4) is 11.1 Å². The summed E-state index contributed by atoms with van der Waals surface area (Å²) in [6, 6.07) is 16.2. The van der Waals surface area contributed by atoms with Gasteiger partial charge in [0.1, 0.15) is 12.1 Å². The van der Waals surface area contributed by atoms with Crippen LogP contribution in [0.4, 0.5) is 4.79 Å². The Balaban J connectivity index is 1.50. The molecule has 2 aromatic carbocycles. The lowest BCUT2D eigenvalue weighted by atomic mass is 9.98. The van der Waals surface area contributed by atoms with E-state index in [1.54, 1.807) is 6.92 Å². The van der Waals surface area contributed by atoms with Gasteiger partial charge in [0.15, 0.2) is 0 Å². The number of alkyl carbamates (subject to hydrolysis) is 1. The standard InChI is InChI=1S/C20H19NO4/c1-12-10-20(12,18(22)23)21-19(24)25-11-17-15-8-4-2-6-13(15)14-7-3-5-9-16(14)17/h2-9,12,17H,10-11H2,1H3,(H,21,24)(H,22,23). The van der Waals surface area contributed by atoms with Crippen LogP contribution in [0.3, 0.4) is 0 Å². The van der Waals surface area contributed by atoms with Gasteiger partial charge >= 0.3 is 12.1 Å². The normalized spacial score (nSPS) is 23.5. The molecule has 1 saturated carbocycles. The molecule has 0 aromatic heterocycles. The molecule has 5 nitrogen and oxygen atoms in total. The molecule has 0 radical (unpaired) electrons. The Labute approximate surface area is 145 Å². The largest absolute Gasteiger partial charge is 0.479 e. The van der Waals surface area contributed by atoms with Crippen molar-refractivity contribution in [1.82, 2.24) is 5.32 Å². The molecule has 2 aromatic rings. The van der Waals surface area contributed by atoms with Crippen LogP contribution in [0.1, 0.15) is 30.4 Å². The number of fused-ring (bicyclic) bond motifs is 3. The van der Waals surface area contributed by atoms with E-state index >= 15 is 0 Å². The number of carboxylic acid groups (broad SMARTS) is 1. The summed E-state index contributed by atoms with van der Waals surface area (Å²) in [7, 11) is 0. The van der Waals surface area contributed by atoms with Gasteiger partial charge < -0.3 is 15.2 Å². The summed E-state index contributed by atoms with van der Waals surface area (Å²) in [5.74, 6) is -1.12. The first-order valence-corrected chi connectivity index (χ1v) is 8.39. The van der Waals surface area contributed by atoms with Crippen molar-refractivity contribution in [2.24, 2.45) is 5.92 Å². The van der Waals surface area contributed by atoms with Crippen LogP contribution < -0.4 is 5.32 Å². The zero-order chi connectivity index (χ0) is 17.6. The van der Waals surface area contributed by atoms with Crippen molar-refractivity contribution >= 4 is 12.1 Å². The van der Waals surface area contributed by atoms with Crippen molar-refractivity contribution in [3.05, 3.63) is 59.7 Å².